The van der Waals surface area contributed by atoms with Crippen LogP contribution in [0.25, 0.3) is 56.2 Å². The molecule has 8 aromatic rings. The summed E-state index contributed by atoms with van der Waals surface area (Å²) in [5, 5.41) is 0. The Balaban J connectivity index is 0.000000177. The number of rotatable bonds is 13. The van der Waals surface area contributed by atoms with E-state index in [1.54, 1.807) is 0 Å². The average molecular weight is 757 g/mol. The Kier molecular flexibility index (Phi) is 12.4. The number of fused-ring (bicyclic) bond motifs is 2. The van der Waals surface area contributed by atoms with Crippen LogP contribution in [0.1, 0.15) is 47.0 Å². The Morgan fingerprint density at radius 3 is 1.53 bits per heavy atom. The number of ether oxygens (including phenoxy) is 3. The molecule has 57 heavy (non-hydrogen) atoms. The van der Waals surface area contributed by atoms with E-state index in [1.165, 1.54) is 0 Å². The second-order valence-corrected chi connectivity index (χ2v) is 14.1. The number of para-hydroxylation sites is 2. The van der Waals surface area contributed by atoms with Crippen LogP contribution in [0.5, 0.6) is 11.5 Å². The molecule has 0 aliphatic heterocycles. The summed E-state index contributed by atoms with van der Waals surface area (Å²) in [6.45, 7) is 8.37. The normalized spacial score (nSPS) is 11.6. The molecule has 0 bridgehead atoms. The molecular formula is C49H48N4O4. The monoisotopic (exact) mass is 756 g/mol. The average Bonchev–Trinajstić information content (AvgIpc) is 3.82. The molecule has 8 rings (SSSR count). The lowest BCUT2D eigenvalue weighted by atomic mass is 10.2. The van der Waals surface area contributed by atoms with E-state index in [1.807, 2.05) is 105 Å². The molecule has 1 unspecified atom stereocenters. The van der Waals surface area contributed by atoms with E-state index in [9.17, 15) is 4.79 Å². The Labute approximate surface area is 334 Å². The zero-order valence-electron chi connectivity index (χ0n) is 32.9. The fourth-order valence-corrected chi connectivity index (χ4v) is 6.56. The second kappa shape index (κ2) is 18.3. The van der Waals surface area contributed by atoms with Gasteiger partial charge in [-0.25, -0.2) is 9.97 Å². The van der Waals surface area contributed by atoms with Gasteiger partial charge in [-0.1, -0.05) is 104 Å². The summed E-state index contributed by atoms with van der Waals surface area (Å²) in [5.74, 6) is 3.26. The summed E-state index contributed by atoms with van der Waals surface area (Å²) in [6, 6.07) is 53.0. The molecule has 288 valence electrons. The van der Waals surface area contributed by atoms with Gasteiger partial charge < -0.3 is 14.2 Å². The molecule has 8 heteroatoms. The molecule has 0 aliphatic carbocycles. The molecule has 2 aromatic heterocycles. The fourth-order valence-electron chi connectivity index (χ4n) is 6.56. The Hall–Kier alpha value is -6.67. The lowest BCUT2D eigenvalue weighted by Gasteiger charge is -2.13. The smallest absolute Gasteiger partial charge is 0.306 e. The first-order valence-electron chi connectivity index (χ1n) is 19.6. The van der Waals surface area contributed by atoms with Crippen molar-refractivity contribution in [2.24, 2.45) is 0 Å². The van der Waals surface area contributed by atoms with E-state index in [0.717, 1.165) is 74.1 Å². The molecule has 8 nitrogen and oxygen atoms in total. The van der Waals surface area contributed by atoms with Gasteiger partial charge in [-0.3, -0.25) is 13.9 Å². The van der Waals surface area contributed by atoms with Crippen molar-refractivity contribution in [1.82, 2.24) is 19.1 Å². The topological polar surface area (TPSA) is 80.4 Å². The third-order valence-electron chi connectivity index (χ3n) is 9.42. The number of carbonyl (C=O) groups excluding carboxylic acids is 1. The van der Waals surface area contributed by atoms with Gasteiger partial charge in [0, 0.05) is 41.1 Å². The van der Waals surface area contributed by atoms with Gasteiger partial charge in [0.05, 0.1) is 40.9 Å². The van der Waals surface area contributed by atoms with Crippen LogP contribution in [0.3, 0.4) is 0 Å². The molecule has 6 aromatic carbocycles. The van der Waals surface area contributed by atoms with Gasteiger partial charge in [-0.05, 0) is 82.1 Å². The molecule has 0 N–H and O–H groups in total. The highest BCUT2D eigenvalue weighted by molar-refractivity contribution is 5.85. The number of hydrogen-bond donors (Lipinski definition) is 0. The van der Waals surface area contributed by atoms with Crippen molar-refractivity contribution < 1.29 is 19.0 Å². The first kappa shape index (κ1) is 38.6. The van der Waals surface area contributed by atoms with Crippen LogP contribution < -0.4 is 9.47 Å². The molecule has 0 fully saturated rings. The molecule has 0 saturated heterocycles. The maximum Gasteiger partial charge on any atom is 0.306 e. The maximum absolute atomic E-state index is 11.7. The van der Waals surface area contributed by atoms with E-state index in [0.29, 0.717) is 19.4 Å². The Morgan fingerprint density at radius 2 is 1.05 bits per heavy atom. The predicted molar refractivity (Wildman–Crippen MR) is 229 cm³/mol. The third-order valence-corrected chi connectivity index (χ3v) is 9.42. The highest BCUT2D eigenvalue weighted by atomic mass is 16.5. The van der Waals surface area contributed by atoms with E-state index >= 15 is 0 Å². The van der Waals surface area contributed by atoms with E-state index in [-0.39, 0.29) is 18.2 Å². The molecule has 0 aliphatic rings. The highest BCUT2D eigenvalue weighted by Gasteiger charge is 2.17. The van der Waals surface area contributed by atoms with Crippen LogP contribution in [-0.4, -0.2) is 43.9 Å². The minimum Gasteiger partial charge on any atom is -0.494 e. The summed E-state index contributed by atoms with van der Waals surface area (Å²) in [7, 11) is 0. The number of nitrogens with zero attached hydrogens (tertiary/aromatic N) is 4. The molecule has 0 amide bonds. The van der Waals surface area contributed by atoms with Crippen LogP contribution in [0.2, 0.25) is 0 Å². The van der Waals surface area contributed by atoms with Crippen LogP contribution >= 0.6 is 0 Å². The lowest BCUT2D eigenvalue weighted by Crippen LogP contribution is -2.12. The van der Waals surface area contributed by atoms with E-state index < -0.39 is 0 Å². The first-order valence-corrected chi connectivity index (χ1v) is 19.6. The number of esters is 1. The van der Waals surface area contributed by atoms with Crippen molar-refractivity contribution in [2.75, 3.05) is 6.61 Å². The van der Waals surface area contributed by atoms with Gasteiger partial charge in [0.1, 0.15) is 23.1 Å². The van der Waals surface area contributed by atoms with Gasteiger partial charge in [-0.15, -0.1) is 0 Å². The van der Waals surface area contributed by atoms with Gasteiger partial charge in [0.15, 0.2) is 0 Å². The largest absolute Gasteiger partial charge is 0.494 e. The summed E-state index contributed by atoms with van der Waals surface area (Å²) >= 11 is 0. The number of aromatic nitrogens is 4. The summed E-state index contributed by atoms with van der Waals surface area (Å²) < 4.78 is 21.5. The van der Waals surface area contributed by atoms with Crippen LogP contribution in [0.4, 0.5) is 0 Å². The SMILES string of the molecule is CC(C)OC(=O)CCCOc1ccc2nc(-c3ccccc3)n(-c3ccccc3)c2c1.CCC(C)Oc1ccc2nc(-c3ccccc3)n(-c3ccccc3)c2c1. The molecule has 2 heterocycles. The van der Waals surface area contributed by atoms with Gasteiger partial charge in [0.2, 0.25) is 0 Å². The quantitative estimate of drug-likeness (QED) is 0.0861. The molecular weight excluding hydrogens is 709 g/mol. The van der Waals surface area contributed by atoms with Crippen molar-refractivity contribution in [3.8, 4) is 45.6 Å². The Morgan fingerprint density at radius 1 is 0.596 bits per heavy atom. The van der Waals surface area contributed by atoms with E-state index in [4.69, 9.17) is 24.2 Å². The van der Waals surface area contributed by atoms with Gasteiger partial charge >= 0.3 is 5.97 Å². The predicted octanol–water partition coefficient (Wildman–Crippen LogP) is 11.7. The third kappa shape index (κ3) is 9.42. The van der Waals surface area contributed by atoms with Crippen molar-refractivity contribution in [2.45, 2.75) is 59.2 Å². The van der Waals surface area contributed by atoms with Gasteiger partial charge in [-0.2, -0.15) is 0 Å². The van der Waals surface area contributed by atoms with Crippen LogP contribution in [-0.2, 0) is 9.53 Å². The summed E-state index contributed by atoms with van der Waals surface area (Å²) in [6.07, 6.45) is 2.03. The van der Waals surface area contributed by atoms with Crippen molar-refractivity contribution in [3.05, 3.63) is 158 Å². The van der Waals surface area contributed by atoms with Crippen molar-refractivity contribution in [3.63, 3.8) is 0 Å². The zero-order valence-corrected chi connectivity index (χ0v) is 32.9. The van der Waals surface area contributed by atoms with Crippen molar-refractivity contribution >= 4 is 28.0 Å². The standard InChI is InChI=1S/C26H26N2O3.C23H22N2O/c1-19(2)31-25(29)14-9-17-30-22-15-16-23-24(18-22)28(21-12-7-4-8-13-21)26(27-23)20-10-5-3-6-11-20;1-3-17(2)26-20-14-15-21-22(16-20)25(19-12-8-5-9-13-19)23(24-21)18-10-6-4-7-11-18/h3-8,10-13,15-16,18-19H,9,14,17H2,1-2H3;4-17H,3H2,1-2H3. The van der Waals surface area contributed by atoms with Gasteiger partial charge in [0.25, 0.3) is 0 Å². The van der Waals surface area contributed by atoms with Crippen molar-refractivity contribution in [1.29, 1.82) is 0 Å². The molecule has 1 atom stereocenters. The number of hydrogen-bond acceptors (Lipinski definition) is 6. The molecule has 0 saturated carbocycles. The Bertz CT molecular complexity index is 2510. The summed E-state index contributed by atoms with van der Waals surface area (Å²) in [5.41, 5.74) is 8.16. The fraction of sp³-hybridized carbons (Fsp3) is 0.204. The first-order chi connectivity index (χ1) is 27.9. The van der Waals surface area contributed by atoms with Crippen LogP contribution in [0.15, 0.2) is 158 Å². The minimum atomic E-state index is -0.191. The minimum absolute atomic E-state index is 0.0899. The lowest BCUT2D eigenvalue weighted by molar-refractivity contribution is -0.147. The highest BCUT2D eigenvalue weighted by Crippen LogP contribution is 2.32. The number of imidazole rings is 2. The molecule has 0 spiro atoms. The molecule has 0 radical (unpaired) electrons. The second-order valence-electron chi connectivity index (χ2n) is 14.1. The number of carbonyl (C=O) groups is 1. The summed E-state index contributed by atoms with van der Waals surface area (Å²) in [4.78, 5) is 21.5. The van der Waals surface area contributed by atoms with Crippen LogP contribution in [0, 0.1) is 0 Å². The maximum atomic E-state index is 11.7. The zero-order chi connectivity index (χ0) is 39.6. The number of benzene rings is 6. The van der Waals surface area contributed by atoms with E-state index in [2.05, 4.69) is 89.7 Å².